The molecule has 0 bridgehead atoms. The Morgan fingerprint density at radius 2 is 1.85 bits per heavy atom. The number of aromatic nitrogens is 2. The molecule has 0 spiro atoms. The van der Waals surface area contributed by atoms with Crippen LogP contribution in [0.3, 0.4) is 0 Å². The van der Waals surface area contributed by atoms with E-state index in [-0.39, 0.29) is 24.5 Å². The standard InChI is InChI=1S/C18H14ClN3O3.ClH/c19-14-6-4-13(5-7-14)16-8-9-17(23)22(21-16)11-12-2-1-3-15(10-12)20-18(24)25;/h1-10,20H,11H2,(H,24,25);1H. The zero-order chi connectivity index (χ0) is 17.8. The number of rotatable bonds is 4. The van der Waals surface area contributed by atoms with Gasteiger partial charge in [0.05, 0.1) is 12.2 Å². The summed E-state index contributed by atoms with van der Waals surface area (Å²) in [6.45, 7) is 0.232. The largest absolute Gasteiger partial charge is 0.465 e. The third-order valence-corrected chi connectivity index (χ3v) is 3.77. The molecule has 0 aliphatic heterocycles. The van der Waals surface area contributed by atoms with Crippen LogP contribution in [-0.4, -0.2) is 21.0 Å². The van der Waals surface area contributed by atoms with Crippen molar-refractivity contribution in [2.24, 2.45) is 0 Å². The van der Waals surface area contributed by atoms with E-state index < -0.39 is 6.09 Å². The van der Waals surface area contributed by atoms with Gasteiger partial charge in [0.25, 0.3) is 5.56 Å². The smallest absolute Gasteiger partial charge is 0.409 e. The first-order chi connectivity index (χ1) is 12.0. The molecule has 0 saturated heterocycles. The Kier molecular flexibility index (Phi) is 6.38. The summed E-state index contributed by atoms with van der Waals surface area (Å²) in [5.41, 5.74) is 2.45. The summed E-state index contributed by atoms with van der Waals surface area (Å²) in [4.78, 5) is 22.8. The molecule has 26 heavy (non-hydrogen) atoms. The van der Waals surface area contributed by atoms with Crippen LogP contribution in [-0.2, 0) is 6.54 Å². The number of carboxylic acid groups (broad SMARTS) is 1. The lowest BCUT2D eigenvalue weighted by atomic mass is 10.1. The quantitative estimate of drug-likeness (QED) is 0.700. The Hall–Kier alpha value is -2.83. The molecular weight excluding hydrogens is 377 g/mol. The molecule has 2 aromatic carbocycles. The predicted molar refractivity (Wildman–Crippen MR) is 103 cm³/mol. The molecule has 0 aliphatic carbocycles. The van der Waals surface area contributed by atoms with Crippen molar-refractivity contribution in [3.8, 4) is 11.3 Å². The van der Waals surface area contributed by atoms with E-state index in [4.69, 9.17) is 16.7 Å². The third kappa shape index (κ3) is 4.84. The first-order valence-electron chi connectivity index (χ1n) is 7.44. The van der Waals surface area contributed by atoms with Crippen LogP contribution in [0.5, 0.6) is 0 Å². The van der Waals surface area contributed by atoms with Crippen LogP contribution in [0, 0.1) is 0 Å². The minimum atomic E-state index is -1.14. The maximum Gasteiger partial charge on any atom is 0.409 e. The summed E-state index contributed by atoms with van der Waals surface area (Å²) in [6.07, 6.45) is -1.14. The highest BCUT2D eigenvalue weighted by Crippen LogP contribution is 2.18. The van der Waals surface area contributed by atoms with E-state index in [1.54, 1.807) is 42.5 Å². The number of anilines is 1. The van der Waals surface area contributed by atoms with Crippen molar-refractivity contribution < 1.29 is 9.90 Å². The van der Waals surface area contributed by atoms with Crippen LogP contribution in [0.1, 0.15) is 5.56 Å². The molecule has 2 N–H and O–H groups in total. The molecule has 1 aromatic heterocycles. The molecule has 3 aromatic rings. The number of benzene rings is 2. The van der Waals surface area contributed by atoms with Crippen molar-refractivity contribution in [2.45, 2.75) is 6.54 Å². The number of nitrogens with zero attached hydrogens (tertiary/aromatic N) is 2. The Balaban J connectivity index is 0.00000243. The van der Waals surface area contributed by atoms with E-state index >= 15 is 0 Å². The summed E-state index contributed by atoms with van der Waals surface area (Å²) < 4.78 is 1.34. The van der Waals surface area contributed by atoms with E-state index in [1.165, 1.54) is 10.7 Å². The molecule has 1 heterocycles. The van der Waals surface area contributed by atoms with E-state index in [2.05, 4.69) is 10.4 Å². The lowest BCUT2D eigenvalue weighted by molar-refractivity contribution is 0.210. The molecule has 1 amide bonds. The highest BCUT2D eigenvalue weighted by Gasteiger charge is 2.06. The van der Waals surface area contributed by atoms with Crippen molar-refractivity contribution >= 4 is 35.8 Å². The minimum Gasteiger partial charge on any atom is -0.465 e. The monoisotopic (exact) mass is 391 g/mol. The fourth-order valence-corrected chi connectivity index (χ4v) is 2.51. The summed E-state index contributed by atoms with van der Waals surface area (Å²) >= 11 is 5.89. The Bertz CT molecular complexity index is 972. The lowest BCUT2D eigenvalue weighted by Crippen LogP contribution is -2.22. The second-order valence-corrected chi connectivity index (χ2v) is 5.79. The summed E-state index contributed by atoms with van der Waals surface area (Å²) in [5.74, 6) is 0. The van der Waals surface area contributed by atoms with Crippen LogP contribution in [0.2, 0.25) is 5.02 Å². The van der Waals surface area contributed by atoms with Gasteiger partial charge in [-0.15, -0.1) is 12.4 Å². The Morgan fingerprint density at radius 3 is 2.54 bits per heavy atom. The van der Waals surface area contributed by atoms with Gasteiger partial charge in [-0.25, -0.2) is 9.48 Å². The summed E-state index contributed by atoms with van der Waals surface area (Å²) in [6, 6.07) is 17.1. The Labute approximate surface area is 160 Å². The van der Waals surface area contributed by atoms with Gasteiger partial charge in [0.2, 0.25) is 0 Å². The van der Waals surface area contributed by atoms with Crippen LogP contribution < -0.4 is 10.9 Å². The zero-order valence-corrected chi connectivity index (χ0v) is 15.0. The van der Waals surface area contributed by atoms with E-state index in [1.807, 2.05) is 12.1 Å². The topological polar surface area (TPSA) is 84.2 Å². The molecular formula is C18H15Cl2N3O3. The number of amides is 1. The van der Waals surface area contributed by atoms with Gasteiger partial charge in [-0.3, -0.25) is 10.1 Å². The van der Waals surface area contributed by atoms with Gasteiger partial charge in [0.15, 0.2) is 0 Å². The van der Waals surface area contributed by atoms with Gasteiger partial charge in [-0.05, 0) is 35.9 Å². The molecule has 134 valence electrons. The van der Waals surface area contributed by atoms with Crippen molar-refractivity contribution in [3.05, 3.63) is 81.6 Å². The molecule has 0 fully saturated rings. The number of hydrogen-bond acceptors (Lipinski definition) is 3. The van der Waals surface area contributed by atoms with E-state index in [0.29, 0.717) is 16.4 Å². The fourth-order valence-electron chi connectivity index (χ4n) is 2.38. The molecule has 0 aliphatic rings. The average molecular weight is 392 g/mol. The van der Waals surface area contributed by atoms with Crippen LogP contribution >= 0.6 is 24.0 Å². The normalized spacial score (nSPS) is 10.0. The predicted octanol–water partition coefficient (Wildman–Crippen LogP) is 4.12. The highest BCUT2D eigenvalue weighted by molar-refractivity contribution is 6.30. The lowest BCUT2D eigenvalue weighted by Gasteiger charge is -2.09. The van der Waals surface area contributed by atoms with Crippen LogP contribution in [0.25, 0.3) is 11.3 Å². The minimum absolute atomic E-state index is 0. The molecule has 0 atom stereocenters. The van der Waals surface area contributed by atoms with Crippen LogP contribution in [0.15, 0.2) is 65.5 Å². The van der Waals surface area contributed by atoms with Gasteiger partial charge in [0.1, 0.15) is 0 Å². The molecule has 3 rings (SSSR count). The number of halogens is 2. The van der Waals surface area contributed by atoms with Crippen molar-refractivity contribution in [2.75, 3.05) is 5.32 Å². The number of nitrogens with one attached hydrogen (secondary N) is 1. The number of carbonyl (C=O) groups is 1. The highest BCUT2D eigenvalue weighted by atomic mass is 35.5. The first kappa shape index (κ1) is 19.5. The molecule has 6 nitrogen and oxygen atoms in total. The summed E-state index contributed by atoms with van der Waals surface area (Å²) in [5, 5.41) is 16.1. The van der Waals surface area contributed by atoms with Crippen molar-refractivity contribution in [1.29, 1.82) is 0 Å². The van der Waals surface area contributed by atoms with Gasteiger partial charge < -0.3 is 5.11 Å². The van der Waals surface area contributed by atoms with Crippen LogP contribution in [0.4, 0.5) is 10.5 Å². The van der Waals surface area contributed by atoms with Crippen molar-refractivity contribution in [1.82, 2.24) is 9.78 Å². The van der Waals surface area contributed by atoms with E-state index in [0.717, 1.165) is 11.1 Å². The average Bonchev–Trinajstić information content (AvgIpc) is 2.57. The molecule has 8 heteroatoms. The Morgan fingerprint density at radius 1 is 1.12 bits per heavy atom. The van der Waals surface area contributed by atoms with E-state index in [9.17, 15) is 9.59 Å². The molecule has 0 unspecified atom stereocenters. The second kappa shape index (κ2) is 8.51. The molecule has 0 radical (unpaired) electrons. The first-order valence-corrected chi connectivity index (χ1v) is 7.82. The summed E-state index contributed by atoms with van der Waals surface area (Å²) in [7, 11) is 0. The van der Waals surface area contributed by atoms with Gasteiger partial charge in [-0.1, -0.05) is 35.9 Å². The third-order valence-electron chi connectivity index (χ3n) is 3.52. The number of hydrogen-bond donors (Lipinski definition) is 2. The molecule has 0 saturated carbocycles. The maximum absolute atomic E-state index is 12.1. The fraction of sp³-hybridized carbons (Fsp3) is 0.0556. The van der Waals surface area contributed by atoms with Gasteiger partial charge >= 0.3 is 6.09 Å². The van der Waals surface area contributed by atoms with Gasteiger partial charge in [-0.2, -0.15) is 5.10 Å². The zero-order valence-electron chi connectivity index (χ0n) is 13.4. The van der Waals surface area contributed by atoms with Gasteiger partial charge in [0, 0.05) is 22.3 Å². The SMILES string of the molecule is Cl.O=C(O)Nc1cccc(Cn2nc(-c3ccc(Cl)cc3)ccc2=O)c1. The maximum atomic E-state index is 12.1. The van der Waals surface area contributed by atoms with Crippen molar-refractivity contribution in [3.63, 3.8) is 0 Å². The second-order valence-electron chi connectivity index (χ2n) is 5.35.